The van der Waals surface area contributed by atoms with Gasteiger partial charge in [-0.25, -0.2) is 9.78 Å². The number of carbonyl (C=O) groups is 3. The van der Waals surface area contributed by atoms with Gasteiger partial charge in [-0.05, 0) is 30.7 Å². The Kier molecular flexibility index (Phi) is 4.12. The minimum absolute atomic E-state index is 0.146. The number of carboxylic acid groups (broad SMARTS) is 1. The number of fused-ring (bicyclic) bond motifs is 1. The highest BCUT2D eigenvalue weighted by Crippen LogP contribution is 2.39. The number of ether oxygens (including phenoxy) is 1. The summed E-state index contributed by atoms with van der Waals surface area (Å²) in [7, 11) is 1.38. The van der Waals surface area contributed by atoms with E-state index >= 15 is 0 Å². The van der Waals surface area contributed by atoms with E-state index in [-0.39, 0.29) is 17.3 Å². The minimum Gasteiger partial charge on any atom is -0.481 e. The van der Waals surface area contributed by atoms with E-state index in [9.17, 15) is 19.6 Å². The van der Waals surface area contributed by atoms with Crippen molar-refractivity contribution >= 4 is 34.5 Å². The summed E-state index contributed by atoms with van der Waals surface area (Å²) in [5.41, 5.74) is 7.90. The molecule has 1 aromatic heterocycles. The highest BCUT2D eigenvalue weighted by atomic mass is 16.6. The van der Waals surface area contributed by atoms with Crippen LogP contribution in [0.15, 0.2) is 18.2 Å². The van der Waals surface area contributed by atoms with Crippen LogP contribution in [-0.2, 0) is 9.59 Å². The molecule has 0 saturated carbocycles. The largest absolute Gasteiger partial charge is 0.481 e. The van der Waals surface area contributed by atoms with E-state index in [0.717, 1.165) is 0 Å². The second-order valence-corrected chi connectivity index (χ2v) is 5.81. The van der Waals surface area contributed by atoms with Crippen LogP contribution in [0.4, 0.5) is 10.5 Å². The fraction of sp³-hybridized carbons (Fsp3) is 0.250. The summed E-state index contributed by atoms with van der Waals surface area (Å²) in [6, 6.07) is 5.07. The van der Waals surface area contributed by atoms with Crippen molar-refractivity contribution in [1.82, 2.24) is 15.2 Å². The first-order valence-corrected chi connectivity index (χ1v) is 7.58. The second-order valence-electron chi connectivity index (χ2n) is 5.81. The molecule has 1 atom stereocenters. The number of pyridine rings is 1. The van der Waals surface area contributed by atoms with Crippen LogP contribution < -0.4 is 10.5 Å². The number of nitrogen functional groups attached to an aromatic ring is 1. The molecule has 26 heavy (non-hydrogen) atoms. The average molecular weight is 360 g/mol. The van der Waals surface area contributed by atoms with Gasteiger partial charge in [-0.2, -0.15) is 5.01 Å². The molecule has 2 aromatic rings. The lowest BCUT2D eigenvalue weighted by atomic mass is 9.92. The van der Waals surface area contributed by atoms with Crippen LogP contribution in [0.1, 0.15) is 23.5 Å². The van der Waals surface area contributed by atoms with Crippen LogP contribution in [0.5, 0.6) is 5.88 Å². The van der Waals surface area contributed by atoms with Gasteiger partial charge in [0.2, 0.25) is 5.88 Å². The fourth-order valence-electron chi connectivity index (χ4n) is 3.12. The maximum Gasteiger partial charge on any atom is 0.452 e. The highest BCUT2D eigenvalue weighted by molar-refractivity contribution is 6.07. The molecule has 1 aromatic carbocycles. The number of benzene rings is 1. The third-order valence-corrected chi connectivity index (χ3v) is 4.31. The van der Waals surface area contributed by atoms with E-state index in [2.05, 4.69) is 4.98 Å². The van der Waals surface area contributed by atoms with Gasteiger partial charge in [-0.1, -0.05) is 5.17 Å². The van der Waals surface area contributed by atoms with Gasteiger partial charge in [-0.3, -0.25) is 14.8 Å². The molecule has 0 bridgehead atoms. The standard InChI is InChI=1S/C16H16N4O6/c1-7-9-5-8(17)3-4-11(9)18-14(26-2)13(7)10-6-12(21)19(15(10)22)20(25)16(23)24/h3-5,10,25H,6,17H2,1-2H3,(H,23,24). The normalized spacial score (nSPS) is 17.0. The summed E-state index contributed by atoms with van der Waals surface area (Å²) in [4.78, 5) is 40.0. The Hall–Kier alpha value is -3.40. The molecule has 1 aliphatic heterocycles. The zero-order valence-electron chi connectivity index (χ0n) is 14.0. The Bertz CT molecular complexity index is 944. The highest BCUT2D eigenvalue weighted by Gasteiger charge is 2.46. The molecule has 1 unspecified atom stereocenters. The van der Waals surface area contributed by atoms with Gasteiger partial charge in [0.25, 0.3) is 11.8 Å². The van der Waals surface area contributed by atoms with E-state index in [0.29, 0.717) is 27.7 Å². The van der Waals surface area contributed by atoms with E-state index in [1.54, 1.807) is 25.1 Å². The number of amides is 3. The number of anilines is 1. The Morgan fingerprint density at radius 3 is 2.73 bits per heavy atom. The summed E-state index contributed by atoms with van der Waals surface area (Å²) in [5.74, 6) is -2.62. The van der Waals surface area contributed by atoms with Gasteiger partial charge in [0.1, 0.15) is 0 Å². The fourth-order valence-corrected chi connectivity index (χ4v) is 3.12. The molecule has 1 saturated heterocycles. The van der Waals surface area contributed by atoms with Crippen LogP contribution in [0.3, 0.4) is 0 Å². The van der Waals surface area contributed by atoms with Gasteiger partial charge in [0, 0.05) is 23.1 Å². The van der Waals surface area contributed by atoms with Gasteiger partial charge in [0.05, 0.1) is 18.5 Å². The maximum absolute atomic E-state index is 12.6. The number of hydroxylamine groups is 1. The van der Waals surface area contributed by atoms with Gasteiger partial charge in [0.15, 0.2) is 0 Å². The quantitative estimate of drug-likeness (QED) is 0.321. The number of imide groups is 1. The van der Waals surface area contributed by atoms with E-state index in [1.165, 1.54) is 7.11 Å². The Balaban J connectivity index is 2.16. The van der Waals surface area contributed by atoms with Crippen LogP contribution in [0, 0.1) is 6.92 Å². The van der Waals surface area contributed by atoms with E-state index < -0.39 is 29.0 Å². The Labute approximate surface area is 147 Å². The van der Waals surface area contributed by atoms with Crippen LogP contribution in [-0.4, -0.2) is 50.5 Å². The van der Waals surface area contributed by atoms with Crippen molar-refractivity contribution in [3.05, 3.63) is 29.3 Å². The molecule has 0 radical (unpaired) electrons. The van der Waals surface area contributed by atoms with Crippen LogP contribution in [0.25, 0.3) is 10.9 Å². The van der Waals surface area contributed by atoms with Crippen molar-refractivity contribution in [2.75, 3.05) is 12.8 Å². The number of carbonyl (C=O) groups excluding carboxylic acids is 2. The molecule has 4 N–H and O–H groups in total. The van der Waals surface area contributed by atoms with Crippen LogP contribution in [0.2, 0.25) is 0 Å². The first-order chi connectivity index (χ1) is 12.3. The van der Waals surface area contributed by atoms with Crippen LogP contribution >= 0.6 is 0 Å². The van der Waals surface area contributed by atoms with Crippen molar-refractivity contribution in [2.45, 2.75) is 19.3 Å². The lowest BCUT2D eigenvalue weighted by Gasteiger charge is -2.21. The Morgan fingerprint density at radius 1 is 1.42 bits per heavy atom. The first kappa shape index (κ1) is 17.4. The van der Waals surface area contributed by atoms with Gasteiger partial charge < -0.3 is 15.6 Å². The number of hydrogen-bond acceptors (Lipinski definition) is 7. The van der Waals surface area contributed by atoms with Gasteiger partial charge in [-0.15, -0.1) is 0 Å². The molecule has 10 nitrogen and oxygen atoms in total. The lowest BCUT2D eigenvalue weighted by Crippen LogP contribution is -2.47. The number of nitrogens with zero attached hydrogens (tertiary/aromatic N) is 3. The second kappa shape index (κ2) is 6.15. The van der Waals surface area contributed by atoms with Crippen molar-refractivity contribution in [2.24, 2.45) is 0 Å². The van der Waals surface area contributed by atoms with E-state index in [4.69, 9.17) is 15.6 Å². The summed E-state index contributed by atoms with van der Waals surface area (Å²) in [5, 5.41) is 18.8. The van der Waals surface area contributed by atoms with E-state index in [1.807, 2.05) is 0 Å². The number of hydrazine groups is 1. The predicted molar refractivity (Wildman–Crippen MR) is 88.3 cm³/mol. The predicted octanol–water partition coefficient (Wildman–Crippen LogP) is 1.26. The molecule has 1 aliphatic rings. The maximum atomic E-state index is 12.6. The lowest BCUT2D eigenvalue weighted by molar-refractivity contribution is -0.209. The average Bonchev–Trinajstić information content (AvgIpc) is 2.88. The third kappa shape index (κ3) is 2.56. The summed E-state index contributed by atoms with van der Waals surface area (Å²) < 4.78 is 5.29. The molecule has 0 aliphatic carbocycles. The molecule has 1 fully saturated rings. The number of hydrogen-bond donors (Lipinski definition) is 3. The summed E-state index contributed by atoms with van der Waals surface area (Å²) >= 11 is 0. The zero-order chi connectivity index (χ0) is 19.2. The number of nitrogens with two attached hydrogens (primary N) is 1. The monoisotopic (exact) mass is 360 g/mol. The zero-order valence-corrected chi connectivity index (χ0v) is 14.0. The smallest absolute Gasteiger partial charge is 0.452 e. The number of aryl methyl sites for hydroxylation is 1. The third-order valence-electron chi connectivity index (χ3n) is 4.31. The first-order valence-electron chi connectivity index (χ1n) is 7.58. The molecule has 3 rings (SSSR count). The number of rotatable bonds is 3. The molecule has 2 heterocycles. The molecule has 10 heteroatoms. The molecule has 136 valence electrons. The molecular weight excluding hydrogens is 344 g/mol. The minimum atomic E-state index is -1.85. The SMILES string of the molecule is COc1nc2ccc(N)cc2c(C)c1C1CC(=O)N(N(O)C(=O)O)C1=O. The Morgan fingerprint density at radius 2 is 2.12 bits per heavy atom. The molecule has 0 spiro atoms. The molecule has 3 amide bonds. The number of methoxy groups -OCH3 is 1. The summed E-state index contributed by atoms with van der Waals surface area (Å²) in [6.07, 6.45) is -2.17. The van der Waals surface area contributed by atoms with Crippen molar-refractivity contribution < 1.29 is 29.4 Å². The summed E-state index contributed by atoms with van der Waals surface area (Å²) in [6.45, 7) is 1.73. The van der Waals surface area contributed by atoms with Crippen molar-refractivity contribution in [1.29, 1.82) is 0 Å². The molecular formula is C16H16N4O6. The number of aromatic nitrogens is 1. The topological polar surface area (TPSA) is 146 Å². The van der Waals surface area contributed by atoms with Crippen molar-refractivity contribution in [3.8, 4) is 5.88 Å². The van der Waals surface area contributed by atoms with Crippen molar-refractivity contribution in [3.63, 3.8) is 0 Å². The van der Waals surface area contributed by atoms with Gasteiger partial charge >= 0.3 is 6.09 Å².